The average molecular weight is 455 g/mol. The zero-order valence-corrected chi connectivity index (χ0v) is 17.7. The molecule has 33 heavy (non-hydrogen) atoms. The molecule has 1 saturated heterocycles. The van der Waals surface area contributed by atoms with Crippen molar-refractivity contribution in [2.24, 2.45) is 0 Å². The minimum Gasteiger partial charge on any atom is -0.472 e. The van der Waals surface area contributed by atoms with Gasteiger partial charge in [-0.05, 0) is 31.5 Å². The van der Waals surface area contributed by atoms with Gasteiger partial charge in [0, 0.05) is 36.9 Å². The van der Waals surface area contributed by atoms with E-state index in [-0.39, 0.29) is 41.2 Å². The summed E-state index contributed by atoms with van der Waals surface area (Å²) in [7, 11) is 0. The maximum Gasteiger partial charge on any atom is 0.257 e. The molecule has 0 saturated carbocycles. The number of rotatable bonds is 8. The highest BCUT2D eigenvalue weighted by Gasteiger charge is 2.23. The number of halogens is 1. The Morgan fingerprint density at radius 2 is 2.00 bits per heavy atom. The third-order valence-corrected chi connectivity index (χ3v) is 4.91. The van der Waals surface area contributed by atoms with Gasteiger partial charge in [0.1, 0.15) is 11.9 Å². The average Bonchev–Trinajstić information content (AvgIpc) is 3.26. The van der Waals surface area contributed by atoms with Crippen molar-refractivity contribution in [1.82, 2.24) is 20.1 Å². The highest BCUT2D eigenvalue weighted by Crippen LogP contribution is 2.28. The number of aliphatic hydroxyl groups excluding tert-OH is 1. The Kier molecular flexibility index (Phi) is 6.50. The first-order chi connectivity index (χ1) is 15.9. The number of ether oxygens (including phenoxy) is 2. The van der Waals surface area contributed by atoms with Gasteiger partial charge in [0.05, 0.1) is 18.4 Å². The number of benzene rings is 1. The second-order valence-electron chi connectivity index (χ2n) is 7.46. The fraction of sp³-hybridized carbons (Fsp3) is 0.273. The summed E-state index contributed by atoms with van der Waals surface area (Å²) < 4.78 is 25.8. The summed E-state index contributed by atoms with van der Waals surface area (Å²) in [6, 6.07) is 8.17. The molecule has 0 spiro atoms. The Labute approximate surface area is 188 Å². The van der Waals surface area contributed by atoms with Crippen molar-refractivity contribution in [3.63, 3.8) is 0 Å². The second-order valence-corrected chi connectivity index (χ2v) is 7.46. The smallest absolute Gasteiger partial charge is 0.257 e. The summed E-state index contributed by atoms with van der Waals surface area (Å²) in [4.78, 5) is 30.7. The van der Waals surface area contributed by atoms with E-state index in [1.54, 1.807) is 17.9 Å². The van der Waals surface area contributed by atoms with Crippen molar-refractivity contribution in [3.8, 4) is 17.5 Å². The van der Waals surface area contributed by atoms with Gasteiger partial charge in [0.15, 0.2) is 11.6 Å². The number of nitrogens with zero attached hydrogens (tertiary/aromatic N) is 3. The largest absolute Gasteiger partial charge is 0.472 e. The van der Waals surface area contributed by atoms with Gasteiger partial charge in [-0.1, -0.05) is 0 Å². The van der Waals surface area contributed by atoms with E-state index < -0.39 is 17.8 Å². The Hall–Kier alpha value is -3.99. The number of hydrogen-bond donors (Lipinski definition) is 3. The Balaban J connectivity index is 1.58. The van der Waals surface area contributed by atoms with Crippen molar-refractivity contribution >= 4 is 17.6 Å². The number of aliphatic hydroxyl groups is 1. The molecule has 1 fully saturated rings. The quantitative estimate of drug-likeness (QED) is 0.476. The number of hydrogen-bond acceptors (Lipinski definition) is 7. The molecule has 0 unspecified atom stereocenters. The van der Waals surface area contributed by atoms with Crippen LogP contribution in [0, 0.1) is 5.82 Å². The van der Waals surface area contributed by atoms with Crippen molar-refractivity contribution in [2.45, 2.75) is 19.4 Å². The summed E-state index contributed by atoms with van der Waals surface area (Å²) in [6.45, 7) is 2.66. The van der Waals surface area contributed by atoms with E-state index in [1.165, 1.54) is 30.5 Å². The summed E-state index contributed by atoms with van der Waals surface area (Å²) >= 11 is 0. The van der Waals surface area contributed by atoms with Gasteiger partial charge in [-0.3, -0.25) is 14.7 Å². The molecule has 1 aromatic carbocycles. The number of aromatic nitrogens is 3. The van der Waals surface area contributed by atoms with Crippen molar-refractivity contribution in [2.75, 3.05) is 25.0 Å². The van der Waals surface area contributed by atoms with Gasteiger partial charge in [-0.15, -0.1) is 0 Å². The molecule has 3 heterocycles. The molecule has 2 amide bonds. The molecule has 0 bridgehead atoms. The number of anilines is 1. The lowest BCUT2D eigenvalue weighted by Gasteiger charge is -2.30. The summed E-state index contributed by atoms with van der Waals surface area (Å²) in [6.07, 6.45) is 1.82. The molecule has 3 aromatic rings. The summed E-state index contributed by atoms with van der Waals surface area (Å²) in [5, 5.41) is 18.3. The van der Waals surface area contributed by atoms with Gasteiger partial charge >= 0.3 is 0 Å². The molecule has 0 aliphatic carbocycles. The summed E-state index contributed by atoms with van der Waals surface area (Å²) in [5.74, 6) is -1.39. The van der Waals surface area contributed by atoms with Gasteiger partial charge in [0.2, 0.25) is 11.8 Å². The van der Waals surface area contributed by atoms with Crippen molar-refractivity contribution < 1.29 is 28.6 Å². The number of aromatic amines is 1. The molecule has 4 rings (SSSR count). The van der Waals surface area contributed by atoms with E-state index in [1.807, 2.05) is 0 Å². The predicted molar refractivity (Wildman–Crippen MR) is 115 cm³/mol. The van der Waals surface area contributed by atoms with E-state index >= 15 is 0 Å². The second kappa shape index (κ2) is 9.65. The Bertz CT molecular complexity index is 1150. The predicted octanol–water partition coefficient (Wildman–Crippen LogP) is 2.59. The highest BCUT2D eigenvalue weighted by molar-refractivity contribution is 6.04. The van der Waals surface area contributed by atoms with Crippen LogP contribution in [0.1, 0.15) is 34.1 Å². The number of H-pyrrole nitrogens is 1. The third-order valence-electron chi connectivity index (χ3n) is 4.91. The van der Waals surface area contributed by atoms with Crippen molar-refractivity contribution in [3.05, 3.63) is 59.5 Å². The number of carbonyl (C=O) groups is 2. The van der Waals surface area contributed by atoms with Gasteiger partial charge in [0.25, 0.3) is 11.8 Å². The zero-order valence-electron chi connectivity index (χ0n) is 17.7. The molecule has 2 aromatic heterocycles. The van der Waals surface area contributed by atoms with Crippen LogP contribution in [0.5, 0.6) is 17.5 Å². The van der Waals surface area contributed by atoms with Gasteiger partial charge in [-0.25, -0.2) is 4.39 Å². The fourth-order valence-corrected chi connectivity index (χ4v) is 3.02. The monoisotopic (exact) mass is 455 g/mol. The fourth-order valence-electron chi connectivity index (χ4n) is 3.02. The van der Waals surface area contributed by atoms with Crippen LogP contribution in [0.15, 0.2) is 42.6 Å². The molecular weight excluding hydrogens is 433 g/mol. The minimum absolute atomic E-state index is 0.00815. The molecule has 172 valence electrons. The SMILES string of the molecule is C[C@H](CO)Oc1cc(C(=O)Nc2ccn[nH]2)cc(Oc2ccc(C(=O)N3CCC3)cc2F)n1. The molecule has 1 atom stereocenters. The lowest BCUT2D eigenvalue weighted by Crippen LogP contribution is -2.42. The van der Waals surface area contributed by atoms with Crippen molar-refractivity contribution in [1.29, 1.82) is 0 Å². The van der Waals surface area contributed by atoms with Crippen LogP contribution in [0.4, 0.5) is 10.2 Å². The number of carbonyl (C=O) groups excluding carboxylic acids is 2. The molecule has 3 N–H and O–H groups in total. The molecule has 1 aliphatic heterocycles. The minimum atomic E-state index is -0.748. The van der Waals surface area contributed by atoms with Crippen LogP contribution in [-0.2, 0) is 0 Å². The topological polar surface area (TPSA) is 130 Å². The highest BCUT2D eigenvalue weighted by atomic mass is 19.1. The Morgan fingerprint density at radius 3 is 2.64 bits per heavy atom. The molecule has 1 aliphatic rings. The van der Waals surface area contributed by atoms with E-state index in [4.69, 9.17) is 9.47 Å². The van der Waals surface area contributed by atoms with Crippen LogP contribution in [-0.4, -0.2) is 62.8 Å². The van der Waals surface area contributed by atoms with Crippen LogP contribution in [0.2, 0.25) is 0 Å². The first-order valence-corrected chi connectivity index (χ1v) is 10.3. The Morgan fingerprint density at radius 1 is 1.21 bits per heavy atom. The van der Waals surface area contributed by atoms with Crippen LogP contribution in [0.3, 0.4) is 0 Å². The first kappa shape index (κ1) is 22.2. The molecular formula is C22H22FN5O5. The van der Waals surface area contributed by atoms with Gasteiger partial charge < -0.3 is 24.8 Å². The van der Waals surface area contributed by atoms with E-state index in [9.17, 15) is 19.1 Å². The lowest BCUT2D eigenvalue weighted by atomic mass is 10.1. The molecule has 0 radical (unpaired) electrons. The maximum atomic E-state index is 14.7. The number of nitrogens with one attached hydrogen (secondary N) is 2. The zero-order chi connectivity index (χ0) is 23.4. The van der Waals surface area contributed by atoms with Crippen LogP contribution in [0.25, 0.3) is 0 Å². The van der Waals surface area contributed by atoms with E-state index in [0.717, 1.165) is 12.5 Å². The standard InChI is InChI=1S/C22H22FN5O5/c1-13(12-29)32-19-10-15(21(30)25-18-5-6-24-27-18)11-20(26-19)33-17-4-3-14(9-16(17)23)22(31)28-7-2-8-28/h3-6,9-11,13,29H,2,7-8,12H2,1H3,(H2,24,25,27,30)/t13-/m1/s1. The van der Waals surface area contributed by atoms with E-state index in [0.29, 0.717) is 18.9 Å². The number of pyridine rings is 1. The normalized spacial score (nSPS) is 13.7. The summed E-state index contributed by atoms with van der Waals surface area (Å²) in [5.41, 5.74) is 0.348. The van der Waals surface area contributed by atoms with Gasteiger partial charge in [-0.2, -0.15) is 10.1 Å². The first-order valence-electron chi connectivity index (χ1n) is 10.3. The number of amides is 2. The van der Waals surface area contributed by atoms with Crippen LogP contribution >= 0.6 is 0 Å². The molecule has 10 nitrogen and oxygen atoms in total. The lowest BCUT2D eigenvalue weighted by molar-refractivity contribution is 0.0651. The maximum absolute atomic E-state index is 14.7. The number of likely N-dealkylation sites (tertiary alicyclic amines) is 1. The van der Waals surface area contributed by atoms with E-state index in [2.05, 4.69) is 20.5 Å². The van der Waals surface area contributed by atoms with Crippen LogP contribution < -0.4 is 14.8 Å². The third kappa shape index (κ3) is 5.26. The molecule has 11 heteroatoms.